The molecular weight excluding hydrogens is 228 g/mol. The van der Waals surface area contributed by atoms with Crippen molar-refractivity contribution < 1.29 is 9.47 Å². The summed E-state index contributed by atoms with van der Waals surface area (Å²) in [6, 6.07) is 0. The van der Waals surface area contributed by atoms with Gasteiger partial charge in [-0.25, -0.2) is 0 Å². The van der Waals surface area contributed by atoms with E-state index in [9.17, 15) is 0 Å². The monoisotopic (exact) mass is 256 g/mol. The molecule has 1 aliphatic carbocycles. The fourth-order valence-corrected chi connectivity index (χ4v) is 2.85. The van der Waals surface area contributed by atoms with Gasteiger partial charge in [0.05, 0.1) is 18.8 Å². The second-order valence-electron chi connectivity index (χ2n) is 5.65. The summed E-state index contributed by atoms with van der Waals surface area (Å²) in [5.41, 5.74) is 0. The molecule has 0 aromatic rings. The summed E-state index contributed by atoms with van der Waals surface area (Å²) in [5, 5.41) is 0. The summed E-state index contributed by atoms with van der Waals surface area (Å²) in [4.78, 5) is 4.91. The van der Waals surface area contributed by atoms with Gasteiger partial charge >= 0.3 is 0 Å². The Morgan fingerprint density at radius 3 is 2.17 bits per heavy atom. The van der Waals surface area contributed by atoms with Gasteiger partial charge in [0, 0.05) is 39.8 Å². The summed E-state index contributed by atoms with van der Waals surface area (Å²) in [6.07, 6.45) is 5.61. The van der Waals surface area contributed by atoms with E-state index in [1.54, 1.807) is 0 Å². The van der Waals surface area contributed by atoms with Gasteiger partial charge < -0.3 is 14.4 Å². The molecule has 2 rings (SSSR count). The van der Waals surface area contributed by atoms with E-state index >= 15 is 0 Å². The van der Waals surface area contributed by atoms with E-state index in [-0.39, 0.29) is 0 Å². The van der Waals surface area contributed by atoms with Crippen molar-refractivity contribution in [3.8, 4) is 0 Å². The molecule has 1 saturated heterocycles. The van der Waals surface area contributed by atoms with Crippen molar-refractivity contribution in [2.75, 3.05) is 53.5 Å². The van der Waals surface area contributed by atoms with Crippen LogP contribution in [0.4, 0.5) is 0 Å². The molecule has 0 spiro atoms. The number of nitrogens with zero attached hydrogens (tertiary/aromatic N) is 2. The third-order valence-electron chi connectivity index (χ3n) is 4.31. The fraction of sp³-hybridized carbons (Fsp3) is 1.00. The Labute approximate surface area is 111 Å². The molecule has 0 amide bonds. The first kappa shape index (κ1) is 14.3. The van der Waals surface area contributed by atoms with Crippen molar-refractivity contribution >= 4 is 0 Å². The van der Waals surface area contributed by atoms with Gasteiger partial charge in [-0.05, 0) is 32.7 Å². The SMILES string of the molecule is COC1CCC(OCCN2CCN(C)CC2)CC1. The minimum absolute atomic E-state index is 0.475. The number of methoxy groups -OCH3 is 1. The summed E-state index contributed by atoms with van der Waals surface area (Å²) in [5.74, 6) is 0. The van der Waals surface area contributed by atoms with E-state index in [1.165, 1.54) is 39.0 Å². The predicted octanol–water partition coefficient (Wildman–Crippen LogP) is 1.21. The first-order valence-electron chi connectivity index (χ1n) is 7.33. The Balaban J connectivity index is 1.53. The average molecular weight is 256 g/mol. The Hall–Kier alpha value is -0.160. The van der Waals surface area contributed by atoms with Gasteiger partial charge in [-0.2, -0.15) is 0 Å². The number of hydrogen-bond donors (Lipinski definition) is 0. The molecule has 0 atom stereocenters. The van der Waals surface area contributed by atoms with Crippen molar-refractivity contribution in [3.05, 3.63) is 0 Å². The van der Waals surface area contributed by atoms with Crippen LogP contribution in [0.2, 0.25) is 0 Å². The van der Waals surface area contributed by atoms with Crippen LogP contribution in [0.1, 0.15) is 25.7 Å². The van der Waals surface area contributed by atoms with Crippen LogP contribution in [-0.4, -0.2) is 75.5 Å². The number of piperazine rings is 1. The molecule has 0 N–H and O–H groups in total. The molecule has 0 radical (unpaired) electrons. The molecule has 4 nitrogen and oxygen atoms in total. The van der Waals surface area contributed by atoms with Crippen LogP contribution in [0.5, 0.6) is 0 Å². The number of rotatable bonds is 5. The van der Waals surface area contributed by atoms with Crippen LogP contribution >= 0.6 is 0 Å². The number of hydrogen-bond acceptors (Lipinski definition) is 4. The molecule has 1 aliphatic heterocycles. The highest BCUT2D eigenvalue weighted by Crippen LogP contribution is 2.22. The van der Waals surface area contributed by atoms with Gasteiger partial charge in [0.1, 0.15) is 0 Å². The minimum atomic E-state index is 0.475. The lowest BCUT2D eigenvalue weighted by atomic mass is 9.95. The largest absolute Gasteiger partial charge is 0.381 e. The zero-order valence-corrected chi connectivity index (χ0v) is 11.9. The van der Waals surface area contributed by atoms with Crippen molar-refractivity contribution in [1.82, 2.24) is 9.80 Å². The average Bonchev–Trinajstić information content (AvgIpc) is 2.42. The molecule has 4 heteroatoms. The smallest absolute Gasteiger partial charge is 0.0597 e. The Morgan fingerprint density at radius 2 is 1.56 bits per heavy atom. The Morgan fingerprint density at radius 1 is 0.944 bits per heavy atom. The normalized spacial score (nSPS) is 31.7. The number of ether oxygens (including phenoxy) is 2. The summed E-state index contributed by atoms with van der Waals surface area (Å²) < 4.78 is 11.4. The second-order valence-corrected chi connectivity index (χ2v) is 5.65. The van der Waals surface area contributed by atoms with E-state index in [1.807, 2.05) is 7.11 Å². The third kappa shape index (κ3) is 4.50. The molecule has 18 heavy (non-hydrogen) atoms. The molecular formula is C14H28N2O2. The zero-order chi connectivity index (χ0) is 12.8. The predicted molar refractivity (Wildman–Crippen MR) is 72.9 cm³/mol. The van der Waals surface area contributed by atoms with Crippen LogP contribution in [0.25, 0.3) is 0 Å². The fourth-order valence-electron chi connectivity index (χ4n) is 2.85. The molecule has 1 heterocycles. The van der Waals surface area contributed by atoms with Gasteiger partial charge in [-0.1, -0.05) is 0 Å². The molecule has 1 saturated carbocycles. The molecule has 0 aromatic carbocycles. The molecule has 0 bridgehead atoms. The second kappa shape index (κ2) is 7.43. The quantitative estimate of drug-likeness (QED) is 0.738. The Kier molecular flexibility index (Phi) is 5.89. The standard InChI is InChI=1S/C14H28N2O2/c1-15-7-9-16(10-8-15)11-12-18-14-5-3-13(17-2)4-6-14/h13-14H,3-12H2,1-2H3. The first-order chi connectivity index (χ1) is 8.78. The maximum atomic E-state index is 5.99. The van der Waals surface area contributed by atoms with Crippen molar-refractivity contribution in [2.45, 2.75) is 37.9 Å². The summed E-state index contributed by atoms with van der Waals surface area (Å²) >= 11 is 0. The van der Waals surface area contributed by atoms with Crippen LogP contribution < -0.4 is 0 Å². The lowest BCUT2D eigenvalue weighted by molar-refractivity contribution is -0.0242. The number of likely N-dealkylation sites (N-methyl/N-ethyl adjacent to an activating group) is 1. The summed E-state index contributed by atoms with van der Waals surface area (Å²) in [7, 11) is 4.02. The van der Waals surface area contributed by atoms with Gasteiger partial charge in [0.25, 0.3) is 0 Å². The molecule has 106 valence electrons. The zero-order valence-electron chi connectivity index (χ0n) is 11.9. The summed E-state index contributed by atoms with van der Waals surface area (Å²) in [6.45, 7) is 6.76. The lowest BCUT2D eigenvalue weighted by Crippen LogP contribution is -2.45. The highest BCUT2D eigenvalue weighted by molar-refractivity contribution is 4.73. The van der Waals surface area contributed by atoms with Crippen molar-refractivity contribution in [2.24, 2.45) is 0 Å². The van der Waals surface area contributed by atoms with Crippen molar-refractivity contribution in [3.63, 3.8) is 0 Å². The molecule has 2 fully saturated rings. The van der Waals surface area contributed by atoms with Crippen LogP contribution in [0.15, 0.2) is 0 Å². The van der Waals surface area contributed by atoms with E-state index in [0.717, 1.165) is 26.0 Å². The highest BCUT2D eigenvalue weighted by Gasteiger charge is 2.21. The van der Waals surface area contributed by atoms with E-state index in [0.29, 0.717) is 12.2 Å². The maximum Gasteiger partial charge on any atom is 0.0597 e. The van der Waals surface area contributed by atoms with Crippen molar-refractivity contribution in [1.29, 1.82) is 0 Å². The Bertz CT molecular complexity index is 222. The van der Waals surface area contributed by atoms with E-state index in [4.69, 9.17) is 9.47 Å². The van der Waals surface area contributed by atoms with E-state index in [2.05, 4.69) is 16.8 Å². The topological polar surface area (TPSA) is 24.9 Å². The van der Waals surface area contributed by atoms with Crippen LogP contribution in [0, 0.1) is 0 Å². The lowest BCUT2D eigenvalue weighted by Gasteiger charge is -2.33. The highest BCUT2D eigenvalue weighted by atomic mass is 16.5. The molecule has 0 unspecified atom stereocenters. The molecule has 2 aliphatic rings. The first-order valence-corrected chi connectivity index (χ1v) is 7.33. The van der Waals surface area contributed by atoms with Gasteiger partial charge in [0.2, 0.25) is 0 Å². The van der Waals surface area contributed by atoms with Crippen LogP contribution in [0.3, 0.4) is 0 Å². The minimum Gasteiger partial charge on any atom is -0.381 e. The third-order valence-corrected chi connectivity index (χ3v) is 4.31. The molecule has 0 aromatic heterocycles. The van der Waals surface area contributed by atoms with Gasteiger partial charge in [-0.3, -0.25) is 4.90 Å². The van der Waals surface area contributed by atoms with Gasteiger partial charge in [0.15, 0.2) is 0 Å². The maximum absolute atomic E-state index is 5.99. The van der Waals surface area contributed by atoms with Crippen LogP contribution in [-0.2, 0) is 9.47 Å². The van der Waals surface area contributed by atoms with Gasteiger partial charge in [-0.15, -0.1) is 0 Å². The van der Waals surface area contributed by atoms with E-state index < -0.39 is 0 Å².